The van der Waals surface area contributed by atoms with Gasteiger partial charge in [0.15, 0.2) is 0 Å². The molecule has 3 heteroatoms. The van der Waals surface area contributed by atoms with Crippen LogP contribution in [0.1, 0.15) is 5.56 Å². The molecule has 0 amide bonds. The van der Waals surface area contributed by atoms with Gasteiger partial charge < -0.3 is 0 Å². The lowest BCUT2D eigenvalue weighted by Crippen LogP contribution is -1.92. The Hall–Kier alpha value is 0.210. The van der Waals surface area contributed by atoms with Gasteiger partial charge in [0, 0.05) is 9.80 Å². The van der Waals surface area contributed by atoms with Crippen LogP contribution in [0.25, 0.3) is 6.08 Å². The summed E-state index contributed by atoms with van der Waals surface area (Å²) in [7, 11) is 0. The smallest absolute Gasteiger partial charge is 0.0616 e. The summed E-state index contributed by atoms with van der Waals surface area (Å²) in [5.41, 5.74) is 1.16. The number of benzene rings is 1. The molecule has 0 aliphatic carbocycles. The third-order valence-corrected chi connectivity index (χ3v) is 3.41. The van der Waals surface area contributed by atoms with Gasteiger partial charge in [-0.2, -0.15) is 0 Å². The van der Waals surface area contributed by atoms with Crippen molar-refractivity contribution in [2.45, 2.75) is 5.38 Å². The van der Waals surface area contributed by atoms with Crippen LogP contribution in [0.5, 0.6) is 0 Å². The van der Waals surface area contributed by atoms with E-state index >= 15 is 0 Å². The average Bonchev–Trinajstić information content (AvgIpc) is 2.16. The molecule has 0 heterocycles. The molecule has 0 N–H and O–H groups in total. The topological polar surface area (TPSA) is 0 Å². The van der Waals surface area contributed by atoms with Crippen LogP contribution in [0.15, 0.2) is 34.8 Å². The molecular formula is C10H9Br2Cl. The quantitative estimate of drug-likeness (QED) is 0.720. The predicted octanol–water partition coefficient (Wildman–Crippen LogP) is 4.46. The maximum absolute atomic E-state index is 5.90. The molecule has 0 aromatic heterocycles. The zero-order chi connectivity index (χ0) is 9.68. The first-order valence-corrected chi connectivity index (χ1v) is 6.21. The van der Waals surface area contributed by atoms with Gasteiger partial charge in [-0.15, -0.1) is 11.6 Å². The highest BCUT2D eigenvalue weighted by Gasteiger charge is 1.94. The van der Waals surface area contributed by atoms with Crippen molar-refractivity contribution in [3.05, 3.63) is 40.4 Å². The fraction of sp³-hybridized carbons (Fsp3) is 0.200. The molecule has 0 aliphatic heterocycles. The van der Waals surface area contributed by atoms with Gasteiger partial charge in [-0.25, -0.2) is 0 Å². The van der Waals surface area contributed by atoms with Crippen LogP contribution in [0, 0.1) is 0 Å². The van der Waals surface area contributed by atoms with Gasteiger partial charge >= 0.3 is 0 Å². The molecule has 0 fully saturated rings. The molecule has 0 saturated heterocycles. The van der Waals surface area contributed by atoms with Crippen molar-refractivity contribution in [2.75, 3.05) is 5.33 Å². The Bertz CT molecular complexity index is 279. The Morgan fingerprint density at radius 1 is 1.31 bits per heavy atom. The molecule has 1 aromatic carbocycles. The van der Waals surface area contributed by atoms with Gasteiger partial charge in [0.05, 0.1) is 5.38 Å². The van der Waals surface area contributed by atoms with E-state index < -0.39 is 0 Å². The number of rotatable bonds is 3. The highest BCUT2D eigenvalue weighted by Crippen LogP contribution is 2.12. The number of allylic oxidation sites excluding steroid dienone is 1. The summed E-state index contributed by atoms with van der Waals surface area (Å²) in [6.07, 6.45) is 3.99. The monoisotopic (exact) mass is 322 g/mol. The molecule has 1 aromatic rings. The Morgan fingerprint density at radius 2 is 1.92 bits per heavy atom. The number of alkyl halides is 2. The second-order valence-corrected chi connectivity index (χ2v) is 4.70. The Morgan fingerprint density at radius 3 is 2.46 bits per heavy atom. The van der Waals surface area contributed by atoms with E-state index in [1.165, 1.54) is 0 Å². The van der Waals surface area contributed by atoms with Crippen molar-refractivity contribution in [2.24, 2.45) is 0 Å². The molecule has 0 bridgehead atoms. The van der Waals surface area contributed by atoms with E-state index in [9.17, 15) is 0 Å². The minimum absolute atomic E-state index is 0.0589. The third-order valence-electron chi connectivity index (χ3n) is 1.51. The molecule has 1 unspecified atom stereocenters. The largest absolute Gasteiger partial charge is 0.118 e. The molecular weight excluding hydrogens is 315 g/mol. The predicted molar refractivity (Wildman–Crippen MR) is 66.6 cm³/mol. The first kappa shape index (κ1) is 11.3. The second-order valence-electron chi connectivity index (χ2n) is 2.58. The lowest BCUT2D eigenvalue weighted by atomic mass is 10.2. The van der Waals surface area contributed by atoms with Crippen molar-refractivity contribution < 1.29 is 0 Å². The molecule has 0 saturated carbocycles. The lowest BCUT2D eigenvalue weighted by Gasteiger charge is -1.97. The summed E-state index contributed by atoms with van der Waals surface area (Å²) in [5, 5.41) is 0.838. The van der Waals surface area contributed by atoms with E-state index in [0.29, 0.717) is 0 Å². The normalized spacial score (nSPS) is 13.5. The van der Waals surface area contributed by atoms with E-state index in [0.717, 1.165) is 15.4 Å². The van der Waals surface area contributed by atoms with Crippen molar-refractivity contribution >= 4 is 49.5 Å². The fourth-order valence-electron chi connectivity index (χ4n) is 0.841. The van der Waals surface area contributed by atoms with Gasteiger partial charge in [-0.05, 0) is 17.7 Å². The van der Waals surface area contributed by atoms with Crippen molar-refractivity contribution in [1.82, 2.24) is 0 Å². The van der Waals surface area contributed by atoms with Crippen LogP contribution in [0.4, 0.5) is 0 Å². The summed E-state index contributed by atoms with van der Waals surface area (Å²) >= 11 is 12.6. The molecule has 70 valence electrons. The van der Waals surface area contributed by atoms with Gasteiger partial charge in [0.25, 0.3) is 0 Å². The Kier molecular flexibility index (Phi) is 5.07. The minimum atomic E-state index is 0.0589. The van der Waals surface area contributed by atoms with Gasteiger partial charge in [0.1, 0.15) is 0 Å². The minimum Gasteiger partial charge on any atom is -0.118 e. The molecule has 0 radical (unpaired) electrons. The van der Waals surface area contributed by atoms with E-state index in [4.69, 9.17) is 11.6 Å². The molecule has 1 rings (SSSR count). The average molecular weight is 324 g/mol. The van der Waals surface area contributed by atoms with Gasteiger partial charge in [-0.1, -0.05) is 56.1 Å². The third kappa shape index (κ3) is 4.30. The number of halogens is 3. The highest BCUT2D eigenvalue weighted by molar-refractivity contribution is 9.10. The Labute approximate surface area is 100 Å². The van der Waals surface area contributed by atoms with E-state index in [-0.39, 0.29) is 5.38 Å². The summed E-state index contributed by atoms with van der Waals surface area (Å²) in [6.45, 7) is 0. The number of hydrogen-bond donors (Lipinski definition) is 0. The van der Waals surface area contributed by atoms with Crippen LogP contribution in [-0.4, -0.2) is 10.7 Å². The van der Waals surface area contributed by atoms with Gasteiger partial charge in [-0.3, -0.25) is 0 Å². The van der Waals surface area contributed by atoms with Crippen LogP contribution in [0.2, 0.25) is 0 Å². The summed E-state index contributed by atoms with van der Waals surface area (Å²) in [5.74, 6) is 0. The van der Waals surface area contributed by atoms with Crippen molar-refractivity contribution in [3.63, 3.8) is 0 Å². The molecule has 0 aliphatic rings. The van der Waals surface area contributed by atoms with Crippen LogP contribution in [-0.2, 0) is 0 Å². The van der Waals surface area contributed by atoms with Gasteiger partial charge in [0.2, 0.25) is 0 Å². The molecule has 0 nitrogen and oxygen atoms in total. The highest BCUT2D eigenvalue weighted by atomic mass is 79.9. The Balaban J connectivity index is 2.64. The fourth-order valence-corrected chi connectivity index (χ4v) is 1.39. The maximum atomic E-state index is 5.90. The summed E-state index contributed by atoms with van der Waals surface area (Å²) in [4.78, 5) is 0. The lowest BCUT2D eigenvalue weighted by molar-refractivity contribution is 1.28. The first-order valence-electron chi connectivity index (χ1n) is 3.86. The molecule has 1 atom stereocenters. The van der Waals surface area contributed by atoms with E-state index in [2.05, 4.69) is 31.9 Å². The second kappa shape index (κ2) is 5.84. The van der Waals surface area contributed by atoms with Crippen molar-refractivity contribution in [3.8, 4) is 0 Å². The van der Waals surface area contributed by atoms with E-state index in [1.807, 2.05) is 36.4 Å². The van der Waals surface area contributed by atoms with Crippen LogP contribution in [0.3, 0.4) is 0 Å². The molecule has 13 heavy (non-hydrogen) atoms. The van der Waals surface area contributed by atoms with E-state index in [1.54, 1.807) is 0 Å². The zero-order valence-corrected chi connectivity index (χ0v) is 10.8. The summed E-state index contributed by atoms with van der Waals surface area (Å²) < 4.78 is 1.09. The SMILES string of the molecule is ClC(C=Cc1ccc(Br)cc1)CBr. The van der Waals surface area contributed by atoms with Crippen LogP contribution >= 0.6 is 43.5 Å². The summed E-state index contributed by atoms with van der Waals surface area (Å²) in [6, 6.07) is 8.10. The number of hydrogen-bond acceptors (Lipinski definition) is 0. The maximum Gasteiger partial charge on any atom is 0.0616 e. The van der Waals surface area contributed by atoms with Crippen LogP contribution < -0.4 is 0 Å². The van der Waals surface area contributed by atoms with Crippen molar-refractivity contribution in [1.29, 1.82) is 0 Å². The zero-order valence-electron chi connectivity index (χ0n) is 6.88. The standard InChI is InChI=1S/C10H9Br2Cl/c11-7-10(13)6-3-8-1-4-9(12)5-2-8/h1-6,10H,7H2. The molecule has 0 spiro atoms. The first-order chi connectivity index (χ1) is 6.22.